The lowest BCUT2D eigenvalue weighted by Gasteiger charge is -2.28. The van der Waals surface area contributed by atoms with Gasteiger partial charge in [0.15, 0.2) is 11.7 Å². The van der Waals surface area contributed by atoms with Gasteiger partial charge in [0.1, 0.15) is 0 Å². The molecule has 7 nitrogen and oxygen atoms in total. The molecule has 0 saturated carbocycles. The summed E-state index contributed by atoms with van der Waals surface area (Å²) in [5, 5.41) is 3.67. The second-order valence-corrected chi connectivity index (χ2v) is 10.8. The number of benzene rings is 3. The maximum atomic E-state index is 12.9. The monoisotopic (exact) mass is 552 g/mol. The highest BCUT2D eigenvalue weighted by atomic mass is 35.5. The van der Waals surface area contributed by atoms with Crippen molar-refractivity contribution in [3.8, 4) is 0 Å². The number of nitrogens with one attached hydrogen (secondary N) is 1. The van der Waals surface area contributed by atoms with Gasteiger partial charge in [0.25, 0.3) is 15.9 Å². The molecular formula is C24H19Cl3N2O5S. The van der Waals surface area contributed by atoms with Gasteiger partial charge in [-0.1, -0.05) is 46.9 Å². The first-order chi connectivity index (χ1) is 16.6. The predicted molar refractivity (Wildman–Crippen MR) is 137 cm³/mol. The fourth-order valence-corrected chi connectivity index (χ4v) is 5.45. The molecular weight excluding hydrogens is 535 g/mol. The molecule has 0 radical (unpaired) electrons. The molecule has 1 aliphatic rings. The number of Topliss-reactive ketones (excluding diaryl/α,β-unsaturated/α-hetero) is 1. The van der Waals surface area contributed by atoms with Crippen LogP contribution in [0.4, 0.5) is 11.4 Å². The molecule has 0 unspecified atom stereocenters. The van der Waals surface area contributed by atoms with Crippen LogP contribution in [-0.2, 0) is 21.2 Å². The summed E-state index contributed by atoms with van der Waals surface area (Å²) in [7, 11) is -3.61. The van der Waals surface area contributed by atoms with E-state index in [1.165, 1.54) is 22.5 Å². The Kier molecular flexibility index (Phi) is 7.68. The topological polar surface area (TPSA) is 92.8 Å². The van der Waals surface area contributed by atoms with Crippen molar-refractivity contribution in [1.82, 2.24) is 0 Å². The maximum absolute atomic E-state index is 12.9. The minimum Gasteiger partial charge on any atom is -0.362 e. The Hall–Kier alpha value is -2.62. The third-order valence-corrected chi connectivity index (χ3v) is 7.74. The number of ketones is 1. The molecule has 1 fully saturated rings. The van der Waals surface area contributed by atoms with Gasteiger partial charge < -0.3 is 10.1 Å². The zero-order valence-corrected chi connectivity index (χ0v) is 21.2. The number of hydrogen-bond acceptors (Lipinski definition) is 5. The van der Waals surface area contributed by atoms with Crippen LogP contribution in [0.25, 0.3) is 0 Å². The first-order valence-corrected chi connectivity index (χ1v) is 13.1. The predicted octanol–water partition coefficient (Wildman–Crippen LogP) is 5.45. The number of carbonyl (C=O) groups excluding carboxylic acids is 2. The van der Waals surface area contributed by atoms with E-state index >= 15 is 0 Å². The second kappa shape index (κ2) is 10.6. The van der Waals surface area contributed by atoms with Crippen LogP contribution in [0.5, 0.6) is 0 Å². The van der Waals surface area contributed by atoms with Crippen molar-refractivity contribution in [3.63, 3.8) is 0 Å². The van der Waals surface area contributed by atoms with Gasteiger partial charge in [-0.15, -0.1) is 0 Å². The number of carbonyl (C=O) groups is 2. The number of sulfonamides is 1. The van der Waals surface area contributed by atoms with E-state index in [1.807, 2.05) is 0 Å². The third-order valence-electron chi connectivity index (χ3n) is 5.29. The zero-order chi connectivity index (χ0) is 25.2. The number of rotatable bonds is 6. The number of anilines is 2. The smallest absolute Gasteiger partial charge is 0.259 e. The fraction of sp³-hybridized carbons (Fsp3) is 0.167. The van der Waals surface area contributed by atoms with E-state index in [4.69, 9.17) is 39.5 Å². The van der Waals surface area contributed by atoms with Gasteiger partial charge in [-0.2, -0.15) is 0 Å². The number of nitrogens with zero attached hydrogens (tertiary/aromatic N) is 1. The summed E-state index contributed by atoms with van der Waals surface area (Å²) in [6.07, 6.45) is 0.0202. The third kappa shape index (κ3) is 5.97. The molecule has 1 N–H and O–H groups in total. The molecule has 0 bridgehead atoms. The molecule has 0 spiro atoms. The Morgan fingerprint density at radius 2 is 1.77 bits per heavy atom. The Bertz CT molecular complexity index is 1410. The minimum absolute atomic E-state index is 0.0202. The maximum Gasteiger partial charge on any atom is 0.259 e. The van der Waals surface area contributed by atoms with Gasteiger partial charge in [0, 0.05) is 27.7 Å². The summed E-state index contributed by atoms with van der Waals surface area (Å²) in [5.41, 5.74) is 1.92. The van der Waals surface area contributed by atoms with Crippen molar-refractivity contribution in [2.75, 3.05) is 28.7 Å². The standard InChI is InChI=1S/C24H19Cl3N2O5S/c25-17-3-1-2-15(10-17)23(30)12-16-11-18(4-7-21(16)26)28-24(31)20-6-5-19(13-22(20)27)29-8-9-34-14-35(29,32)33/h1-7,10-11,13H,8-9,12,14H2,(H,28,31). The van der Waals surface area contributed by atoms with E-state index in [1.54, 1.807) is 42.5 Å². The minimum atomic E-state index is -3.61. The summed E-state index contributed by atoms with van der Waals surface area (Å²) in [5.74, 6) is -1.08. The van der Waals surface area contributed by atoms with Crippen molar-refractivity contribution in [2.45, 2.75) is 6.42 Å². The summed E-state index contributed by atoms with van der Waals surface area (Å²) in [4.78, 5) is 25.5. The normalized spacial score (nSPS) is 15.0. The molecule has 1 saturated heterocycles. The van der Waals surface area contributed by atoms with E-state index in [-0.39, 0.29) is 35.9 Å². The van der Waals surface area contributed by atoms with E-state index in [9.17, 15) is 18.0 Å². The molecule has 3 aromatic rings. The van der Waals surface area contributed by atoms with Crippen molar-refractivity contribution >= 4 is 67.9 Å². The quantitative estimate of drug-likeness (QED) is 0.410. The summed E-state index contributed by atoms with van der Waals surface area (Å²) in [6, 6.07) is 15.8. The fourth-order valence-electron chi connectivity index (χ4n) is 3.57. The summed E-state index contributed by atoms with van der Waals surface area (Å²) < 4.78 is 30.7. The van der Waals surface area contributed by atoms with Crippen LogP contribution in [0.15, 0.2) is 60.7 Å². The van der Waals surface area contributed by atoms with Crippen molar-refractivity contribution in [1.29, 1.82) is 0 Å². The molecule has 3 aromatic carbocycles. The van der Waals surface area contributed by atoms with Crippen LogP contribution in [0.3, 0.4) is 0 Å². The van der Waals surface area contributed by atoms with Crippen molar-refractivity contribution < 1.29 is 22.7 Å². The number of amides is 1. The average molecular weight is 554 g/mol. The number of halogens is 3. The molecule has 1 heterocycles. The Balaban J connectivity index is 1.50. The lowest BCUT2D eigenvalue weighted by Crippen LogP contribution is -2.41. The van der Waals surface area contributed by atoms with E-state index in [0.29, 0.717) is 32.5 Å². The van der Waals surface area contributed by atoms with E-state index in [2.05, 4.69) is 5.32 Å². The molecule has 35 heavy (non-hydrogen) atoms. The molecule has 1 aliphatic heterocycles. The van der Waals surface area contributed by atoms with Gasteiger partial charge in [-0.25, -0.2) is 8.42 Å². The van der Waals surface area contributed by atoms with Gasteiger partial charge in [0.2, 0.25) is 0 Å². The highest BCUT2D eigenvalue weighted by Crippen LogP contribution is 2.28. The SMILES string of the molecule is O=C(Cc1cc(NC(=O)c2ccc(N3CCOCS3(=O)=O)cc2Cl)ccc1Cl)c1cccc(Cl)c1. The number of hydrogen-bond donors (Lipinski definition) is 1. The van der Waals surface area contributed by atoms with E-state index < -0.39 is 21.9 Å². The van der Waals surface area contributed by atoms with Gasteiger partial charge in [-0.05, 0) is 54.1 Å². The molecule has 0 atom stereocenters. The van der Waals surface area contributed by atoms with Crippen LogP contribution in [0.2, 0.25) is 15.1 Å². The van der Waals surface area contributed by atoms with Crippen LogP contribution >= 0.6 is 34.8 Å². The van der Waals surface area contributed by atoms with Gasteiger partial charge in [-0.3, -0.25) is 13.9 Å². The largest absolute Gasteiger partial charge is 0.362 e. The van der Waals surface area contributed by atoms with Crippen LogP contribution in [0, 0.1) is 0 Å². The molecule has 0 aromatic heterocycles. The van der Waals surface area contributed by atoms with Crippen LogP contribution in [-0.4, -0.2) is 39.2 Å². The number of ether oxygens (including phenoxy) is 1. The van der Waals surface area contributed by atoms with E-state index in [0.717, 1.165) is 0 Å². The first-order valence-electron chi connectivity index (χ1n) is 10.4. The van der Waals surface area contributed by atoms with Crippen LogP contribution in [0.1, 0.15) is 26.3 Å². The first kappa shape index (κ1) is 25.5. The molecule has 1 amide bonds. The lowest BCUT2D eigenvalue weighted by molar-refractivity contribution is 0.0991. The van der Waals surface area contributed by atoms with Crippen molar-refractivity contribution in [3.05, 3.63) is 92.4 Å². The zero-order valence-electron chi connectivity index (χ0n) is 18.1. The molecule has 4 rings (SSSR count). The molecule has 0 aliphatic carbocycles. The van der Waals surface area contributed by atoms with Crippen molar-refractivity contribution in [2.24, 2.45) is 0 Å². The average Bonchev–Trinajstić information content (AvgIpc) is 2.80. The molecule has 11 heteroatoms. The highest BCUT2D eigenvalue weighted by Gasteiger charge is 2.27. The Morgan fingerprint density at radius 1 is 0.971 bits per heavy atom. The molecule has 182 valence electrons. The van der Waals surface area contributed by atoms with Crippen LogP contribution < -0.4 is 9.62 Å². The lowest BCUT2D eigenvalue weighted by atomic mass is 10.0. The van der Waals surface area contributed by atoms with Gasteiger partial charge >= 0.3 is 0 Å². The summed E-state index contributed by atoms with van der Waals surface area (Å²) >= 11 is 18.6. The Labute approximate surface area is 217 Å². The van der Waals surface area contributed by atoms with Gasteiger partial charge in [0.05, 0.1) is 29.4 Å². The Morgan fingerprint density at radius 3 is 2.49 bits per heavy atom. The highest BCUT2D eigenvalue weighted by molar-refractivity contribution is 7.92. The summed E-state index contributed by atoms with van der Waals surface area (Å²) in [6.45, 7) is 0.420. The second-order valence-electron chi connectivity index (χ2n) is 7.74.